The van der Waals surface area contributed by atoms with Gasteiger partial charge < -0.3 is 15.0 Å². The van der Waals surface area contributed by atoms with Crippen LogP contribution in [0.4, 0.5) is 15.9 Å². The second-order valence-electron chi connectivity index (χ2n) is 8.36. The molecule has 29 heavy (non-hydrogen) atoms. The third-order valence-electron chi connectivity index (χ3n) is 6.38. The van der Waals surface area contributed by atoms with E-state index in [1.165, 1.54) is 12.1 Å². The molecule has 3 heterocycles. The number of nitrogens with one attached hydrogen (secondary N) is 1. The molecule has 152 valence electrons. The molecule has 1 spiro atoms. The van der Waals surface area contributed by atoms with Crippen molar-refractivity contribution in [2.75, 3.05) is 30.0 Å². The molecule has 7 heteroatoms. The monoisotopic (exact) mass is 396 g/mol. The maximum absolute atomic E-state index is 13.9. The van der Waals surface area contributed by atoms with Crippen LogP contribution in [0.5, 0.6) is 0 Å². The molecule has 2 aromatic rings. The predicted octanol–water partition coefficient (Wildman–Crippen LogP) is 3.34. The van der Waals surface area contributed by atoms with E-state index < -0.39 is 5.41 Å². The van der Waals surface area contributed by atoms with Crippen LogP contribution in [0.25, 0.3) is 0 Å². The molecule has 2 fully saturated rings. The highest BCUT2D eigenvalue weighted by atomic mass is 19.1. The number of benzene rings is 1. The summed E-state index contributed by atoms with van der Waals surface area (Å²) in [4.78, 5) is 23.8. The third-order valence-corrected chi connectivity index (χ3v) is 6.38. The summed E-state index contributed by atoms with van der Waals surface area (Å²) in [6.07, 6.45) is 5.51. The van der Waals surface area contributed by atoms with Crippen molar-refractivity contribution in [3.63, 3.8) is 0 Å². The van der Waals surface area contributed by atoms with Crippen molar-refractivity contribution in [3.05, 3.63) is 47.2 Å². The smallest absolute Gasteiger partial charge is 0.238 e. The van der Waals surface area contributed by atoms with Crippen LogP contribution in [0.2, 0.25) is 0 Å². The summed E-state index contributed by atoms with van der Waals surface area (Å²) in [5.41, 5.74) is 2.05. The molecule has 6 nitrogen and oxygen atoms in total. The Kier molecular flexibility index (Phi) is 4.50. The molecule has 0 bridgehead atoms. The number of amides is 1. The fourth-order valence-electron chi connectivity index (χ4n) is 4.51. The van der Waals surface area contributed by atoms with Crippen molar-refractivity contribution in [1.29, 1.82) is 0 Å². The highest BCUT2D eigenvalue weighted by Crippen LogP contribution is 2.57. The number of carbonyl (C=O) groups excluding carboxylic acids is 1. The summed E-state index contributed by atoms with van der Waals surface area (Å²) < 4.78 is 19.4. The number of aromatic nitrogens is 2. The fraction of sp³-hybridized carbons (Fsp3) is 0.500. The lowest BCUT2D eigenvalue weighted by Crippen LogP contribution is -2.32. The van der Waals surface area contributed by atoms with Crippen molar-refractivity contribution in [3.8, 4) is 0 Å². The van der Waals surface area contributed by atoms with E-state index in [0.717, 1.165) is 62.4 Å². The predicted molar refractivity (Wildman–Crippen MR) is 107 cm³/mol. The number of hydrogen-bond acceptors (Lipinski definition) is 5. The van der Waals surface area contributed by atoms with Crippen LogP contribution >= 0.6 is 0 Å². The summed E-state index contributed by atoms with van der Waals surface area (Å²) in [7, 11) is 0. The van der Waals surface area contributed by atoms with Crippen molar-refractivity contribution >= 4 is 17.4 Å². The van der Waals surface area contributed by atoms with Gasteiger partial charge in [-0.1, -0.05) is 6.07 Å². The van der Waals surface area contributed by atoms with Crippen LogP contribution in [-0.2, 0) is 21.5 Å². The van der Waals surface area contributed by atoms with Gasteiger partial charge in [-0.2, -0.15) is 0 Å². The van der Waals surface area contributed by atoms with Crippen LogP contribution in [0.3, 0.4) is 0 Å². The Bertz CT molecular complexity index is 954. The molecule has 0 radical (unpaired) electrons. The molecule has 1 amide bonds. The minimum atomic E-state index is -0.440. The molecular formula is C22H25FN4O2. The lowest BCUT2D eigenvalue weighted by atomic mass is 9.98. The summed E-state index contributed by atoms with van der Waals surface area (Å²) >= 11 is 0. The number of carbonyl (C=O) groups is 1. The largest absolute Gasteiger partial charge is 0.381 e. The highest BCUT2D eigenvalue weighted by molar-refractivity contribution is 6.10. The number of ether oxygens (including phenoxy) is 1. The van der Waals surface area contributed by atoms with Gasteiger partial charge in [0, 0.05) is 31.5 Å². The molecule has 3 aliphatic rings. The number of aryl methyl sites for hydroxylation is 1. The highest BCUT2D eigenvalue weighted by Gasteiger charge is 2.59. The normalized spacial score (nSPS) is 20.2. The van der Waals surface area contributed by atoms with Crippen molar-refractivity contribution in [2.24, 2.45) is 5.92 Å². The third kappa shape index (κ3) is 3.27. The topological polar surface area (TPSA) is 67.4 Å². The van der Waals surface area contributed by atoms with Crippen LogP contribution in [-0.4, -0.2) is 35.6 Å². The van der Waals surface area contributed by atoms with Gasteiger partial charge in [0.05, 0.1) is 17.6 Å². The van der Waals surface area contributed by atoms with Gasteiger partial charge in [0.2, 0.25) is 5.91 Å². The number of hydrogen-bond donors (Lipinski definition) is 1. The Morgan fingerprint density at radius 1 is 1.31 bits per heavy atom. The molecule has 5 rings (SSSR count). The van der Waals surface area contributed by atoms with E-state index in [9.17, 15) is 9.18 Å². The first-order chi connectivity index (χ1) is 14.1. The molecule has 0 unspecified atom stereocenters. The Hall–Kier alpha value is -2.54. The lowest BCUT2D eigenvalue weighted by Gasteiger charge is -2.24. The van der Waals surface area contributed by atoms with Crippen molar-refractivity contribution in [1.82, 2.24) is 9.97 Å². The number of halogens is 1. The zero-order valence-corrected chi connectivity index (χ0v) is 16.6. The van der Waals surface area contributed by atoms with Gasteiger partial charge in [0.1, 0.15) is 17.5 Å². The molecule has 1 N–H and O–H groups in total. The van der Waals surface area contributed by atoms with E-state index in [2.05, 4.69) is 15.3 Å². The van der Waals surface area contributed by atoms with Crippen LogP contribution in [0.1, 0.15) is 42.6 Å². The van der Waals surface area contributed by atoms with E-state index in [1.54, 1.807) is 17.2 Å². The molecule has 1 saturated carbocycles. The second-order valence-corrected chi connectivity index (χ2v) is 8.36. The molecular weight excluding hydrogens is 371 g/mol. The van der Waals surface area contributed by atoms with Crippen molar-refractivity contribution in [2.45, 2.75) is 44.6 Å². The molecule has 2 aliphatic heterocycles. The average Bonchev–Trinajstić information content (AvgIpc) is 3.50. The SMILES string of the molecule is Cc1ncc(CN2C(=O)C3(CC3)c3ccc(F)cc32)c(NCC2CCOCC2)n1. The minimum absolute atomic E-state index is 0.0639. The van der Waals surface area contributed by atoms with Gasteiger partial charge in [-0.05, 0) is 56.2 Å². The van der Waals surface area contributed by atoms with E-state index in [0.29, 0.717) is 24.0 Å². The fourth-order valence-corrected chi connectivity index (χ4v) is 4.51. The van der Waals surface area contributed by atoms with Crippen LogP contribution in [0, 0.1) is 18.7 Å². The van der Waals surface area contributed by atoms with Crippen LogP contribution in [0.15, 0.2) is 24.4 Å². The number of anilines is 2. The lowest BCUT2D eigenvalue weighted by molar-refractivity contribution is -0.120. The maximum atomic E-state index is 13.9. The number of fused-ring (bicyclic) bond motifs is 2. The van der Waals surface area contributed by atoms with Gasteiger partial charge in [0.15, 0.2) is 0 Å². The molecule has 1 aromatic heterocycles. The Morgan fingerprint density at radius 3 is 2.86 bits per heavy atom. The van der Waals surface area contributed by atoms with Gasteiger partial charge in [0.25, 0.3) is 0 Å². The molecule has 1 saturated heterocycles. The van der Waals surface area contributed by atoms with Crippen molar-refractivity contribution < 1.29 is 13.9 Å². The minimum Gasteiger partial charge on any atom is -0.381 e. The standard InChI is InChI=1S/C22H25FN4O2/c1-14-24-12-16(20(26-14)25-11-15-4-8-29-9-5-15)13-27-19-10-17(23)2-3-18(19)22(6-7-22)21(27)28/h2-3,10,12,15H,4-9,11,13H2,1H3,(H,24,25,26). The average molecular weight is 396 g/mol. The maximum Gasteiger partial charge on any atom is 0.238 e. The first-order valence-electron chi connectivity index (χ1n) is 10.3. The van der Waals surface area contributed by atoms with E-state index in [1.807, 2.05) is 6.92 Å². The van der Waals surface area contributed by atoms with E-state index >= 15 is 0 Å². The number of rotatable bonds is 5. The van der Waals surface area contributed by atoms with Gasteiger partial charge in [-0.3, -0.25) is 4.79 Å². The Balaban J connectivity index is 1.40. The van der Waals surface area contributed by atoms with Crippen LogP contribution < -0.4 is 10.2 Å². The molecule has 1 aliphatic carbocycles. The second kappa shape index (κ2) is 7.06. The first kappa shape index (κ1) is 18.5. The van der Waals surface area contributed by atoms with E-state index in [4.69, 9.17) is 4.74 Å². The molecule has 1 aromatic carbocycles. The van der Waals surface area contributed by atoms with Gasteiger partial charge >= 0.3 is 0 Å². The summed E-state index contributed by atoms with van der Waals surface area (Å²) in [5.74, 6) is 1.73. The van der Waals surface area contributed by atoms with Gasteiger partial charge in [-0.15, -0.1) is 0 Å². The zero-order valence-electron chi connectivity index (χ0n) is 16.6. The Labute approximate surface area is 169 Å². The summed E-state index contributed by atoms with van der Waals surface area (Å²) in [6, 6.07) is 4.70. The quantitative estimate of drug-likeness (QED) is 0.840. The summed E-state index contributed by atoms with van der Waals surface area (Å²) in [5, 5.41) is 3.47. The van der Waals surface area contributed by atoms with E-state index in [-0.39, 0.29) is 11.7 Å². The summed E-state index contributed by atoms with van der Waals surface area (Å²) in [6.45, 7) is 4.61. The van der Waals surface area contributed by atoms with Gasteiger partial charge in [-0.25, -0.2) is 14.4 Å². The Morgan fingerprint density at radius 2 is 2.10 bits per heavy atom. The molecule has 0 atom stereocenters. The number of nitrogens with zero attached hydrogens (tertiary/aromatic N) is 3. The zero-order chi connectivity index (χ0) is 20.0. The first-order valence-corrected chi connectivity index (χ1v) is 10.3.